The van der Waals surface area contributed by atoms with E-state index < -0.39 is 171 Å². The standard InChI is InChI=1S/C74H125NO25/c1-13-15-17-19-21-23-25-27-28-29-30-31-32-33-34-36-38-40-42-44-46-62(91-53(6)79)72(86)75-60(65(92-54(7)80)61(90-52(5)78)45-43-41-39-37-35-26-24-22-20-18-16-14-2)47-89-73-70(68(95-57(10)83)66(93-55(8)81)63(98-73)48-87-50(3)76)100-74-71(97-59(12)85)69(96-58(11)84)67(94-56(9)82)64(99-74)49-88-51(4)77/h60-71,73-74H,13-49H2,1-12H3,(H,75,86)/t60?,61?,62?,63-,64-,65?,66+,67+,68+,69+,70-,71-,73?,74+/m1/s1. The van der Waals surface area contributed by atoms with Crippen LogP contribution in [-0.4, -0.2) is 171 Å². The van der Waals surface area contributed by atoms with Crippen molar-refractivity contribution in [2.75, 3.05) is 19.8 Å². The van der Waals surface area contributed by atoms with Crippen LogP contribution in [0.15, 0.2) is 0 Å². The number of esters is 10. The quantitative estimate of drug-likeness (QED) is 0.0336. The van der Waals surface area contributed by atoms with Crippen LogP contribution in [0.25, 0.3) is 0 Å². The normalized spacial score (nSPS) is 21.6. The number of ether oxygens (including phenoxy) is 14. The van der Waals surface area contributed by atoms with Crippen LogP contribution in [0.4, 0.5) is 0 Å². The van der Waals surface area contributed by atoms with E-state index in [1.807, 2.05) is 0 Å². The summed E-state index contributed by atoms with van der Waals surface area (Å²) in [4.78, 5) is 144. The van der Waals surface area contributed by atoms with E-state index in [9.17, 15) is 52.7 Å². The second kappa shape index (κ2) is 53.8. The first-order chi connectivity index (χ1) is 47.8. The predicted molar refractivity (Wildman–Crippen MR) is 366 cm³/mol. The van der Waals surface area contributed by atoms with E-state index in [1.54, 1.807) is 0 Å². The second-order valence-corrected chi connectivity index (χ2v) is 26.6. The Morgan fingerprint density at radius 2 is 0.650 bits per heavy atom. The van der Waals surface area contributed by atoms with Gasteiger partial charge in [0, 0.05) is 69.2 Å². The molecular formula is C74H125NO25. The van der Waals surface area contributed by atoms with Crippen molar-refractivity contribution in [2.45, 2.75) is 387 Å². The van der Waals surface area contributed by atoms with Crippen molar-refractivity contribution in [3.63, 3.8) is 0 Å². The van der Waals surface area contributed by atoms with Crippen LogP contribution < -0.4 is 5.32 Å². The molecule has 0 saturated carbocycles. The van der Waals surface area contributed by atoms with Crippen molar-refractivity contribution in [3.8, 4) is 0 Å². The van der Waals surface area contributed by atoms with Gasteiger partial charge in [-0.1, -0.05) is 206 Å². The zero-order valence-corrected chi connectivity index (χ0v) is 62.5. The van der Waals surface area contributed by atoms with E-state index in [2.05, 4.69) is 19.2 Å². The third kappa shape index (κ3) is 40.6. The van der Waals surface area contributed by atoms with Crippen molar-refractivity contribution < 1.29 is 119 Å². The average molecular weight is 1430 g/mol. The van der Waals surface area contributed by atoms with Gasteiger partial charge in [-0.25, -0.2) is 0 Å². The lowest BCUT2D eigenvalue weighted by molar-refractivity contribution is -0.369. The van der Waals surface area contributed by atoms with Gasteiger partial charge in [0.2, 0.25) is 0 Å². The third-order valence-corrected chi connectivity index (χ3v) is 17.3. The van der Waals surface area contributed by atoms with Gasteiger partial charge in [-0.2, -0.15) is 0 Å². The van der Waals surface area contributed by atoms with Gasteiger partial charge in [-0.3, -0.25) is 52.7 Å². The van der Waals surface area contributed by atoms with Crippen LogP contribution in [-0.2, 0) is 119 Å². The Bertz CT molecular complexity index is 2390. The Hall–Kier alpha value is -5.99. The molecular weight excluding hydrogens is 1300 g/mol. The Morgan fingerprint density at radius 1 is 0.330 bits per heavy atom. The molecule has 5 unspecified atom stereocenters. The van der Waals surface area contributed by atoms with Gasteiger partial charge in [-0.15, -0.1) is 0 Å². The molecule has 2 aliphatic rings. The molecule has 576 valence electrons. The van der Waals surface area contributed by atoms with Gasteiger partial charge in [0.25, 0.3) is 5.91 Å². The highest BCUT2D eigenvalue weighted by Crippen LogP contribution is 2.36. The van der Waals surface area contributed by atoms with Crippen molar-refractivity contribution in [2.24, 2.45) is 0 Å². The van der Waals surface area contributed by atoms with Crippen molar-refractivity contribution in [1.82, 2.24) is 5.32 Å². The summed E-state index contributed by atoms with van der Waals surface area (Å²) in [5, 5.41) is 2.86. The minimum absolute atomic E-state index is 0.0828. The molecule has 26 nitrogen and oxygen atoms in total. The van der Waals surface area contributed by atoms with Gasteiger partial charge in [-0.05, 0) is 25.7 Å². The fraction of sp³-hybridized carbons (Fsp3) is 0.851. The number of nitrogens with one attached hydrogen (secondary N) is 1. The highest BCUT2D eigenvalue weighted by Gasteiger charge is 2.58. The number of carbonyl (C=O) groups is 11. The molecule has 2 saturated heterocycles. The maximum atomic E-state index is 14.9. The largest absolute Gasteiger partial charge is 0.463 e. The fourth-order valence-electron chi connectivity index (χ4n) is 12.6. The zero-order valence-electron chi connectivity index (χ0n) is 62.5. The number of carbonyl (C=O) groups excluding carboxylic acids is 11. The van der Waals surface area contributed by atoms with Gasteiger partial charge in [0.05, 0.1) is 12.6 Å². The van der Waals surface area contributed by atoms with Crippen LogP contribution in [0.2, 0.25) is 0 Å². The Balaban J connectivity index is 2.71. The number of amides is 1. The summed E-state index contributed by atoms with van der Waals surface area (Å²) >= 11 is 0. The molecule has 2 heterocycles. The van der Waals surface area contributed by atoms with Gasteiger partial charge < -0.3 is 71.6 Å². The lowest BCUT2D eigenvalue weighted by atomic mass is 9.96. The average Bonchev–Trinajstić information content (AvgIpc) is 0.769. The van der Waals surface area contributed by atoms with E-state index in [4.69, 9.17) is 66.3 Å². The summed E-state index contributed by atoms with van der Waals surface area (Å²) in [6.45, 7) is 12.9. The SMILES string of the molecule is CCCCCCCCCCCCCCCCCCCCCCC(OC(C)=O)C(=O)NC(COC1O[C@H](COC(C)=O)[C@H](OC(C)=O)[C@H](OC(C)=O)[C@H]1O[C@@H]1O[C@H](COC(C)=O)[C@H](OC(C)=O)[C@H](OC(C)=O)[C@H]1OC(C)=O)C(OC(C)=O)C(CCCCCCCCCCCCCC)OC(C)=O. The summed E-state index contributed by atoms with van der Waals surface area (Å²) in [7, 11) is 0. The van der Waals surface area contributed by atoms with Crippen LogP contribution >= 0.6 is 0 Å². The van der Waals surface area contributed by atoms with Crippen molar-refractivity contribution in [1.29, 1.82) is 0 Å². The molecule has 14 atom stereocenters. The molecule has 0 aromatic carbocycles. The van der Waals surface area contributed by atoms with E-state index >= 15 is 0 Å². The molecule has 1 amide bonds. The third-order valence-electron chi connectivity index (χ3n) is 17.3. The van der Waals surface area contributed by atoms with Gasteiger partial charge >= 0.3 is 59.7 Å². The molecule has 26 heteroatoms. The maximum absolute atomic E-state index is 14.9. The van der Waals surface area contributed by atoms with Gasteiger partial charge in [0.1, 0.15) is 31.5 Å². The topological polar surface area (TPSA) is 329 Å². The Labute approximate surface area is 594 Å². The van der Waals surface area contributed by atoms with Crippen LogP contribution in [0.3, 0.4) is 0 Å². The highest BCUT2D eigenvalue weighted by atomic mass is 16.8. The molecule has 0 aliphatic carbocycles. The van der Waals surface area contributed by atoms with Crippen molar-refractivity contribution >= 4 is 65.6 Å². The molecule has 2 rings (SSSR count). The zero-order chi connectivity index (χ0) is 74.2. The Morgan fingerprint density at radius 3 is 1.00 bits per heavy atom. The molecule has 2 fully saturated rings. The predicted octanol–water partition coefficient (Wildman–Crippen LogP) is 12.2. The number of hydrogen-bond donors (Lipinski definition) is 1. The second-order valence-electron chi connectivity index (χ2n) is 26.6. The lowest BCUT2D eigenvalue weighted by Gasteiger charge is -2.48. The molecule has 100 heavy (non-hydrogen) atoms. The summed E-state index contributed by atoms with van der Waals surface area (Å²) < 4.78 is 82.9. The first-order valence-corrected chi connectivity index (χ1v) is 37.3. The van der Waals surface area contributed by atoms with Crippen molar-refractivity contribution in [3.05, 3.63) is 0 Å². The highest BCUT2D eigenvalue weighted by molar-refractivity contribution is 5.83. The Kier molecular flexibility index (Phi) is 48.4. The summed E-state index contributed by atoms with van der Waals surface area (Å²) in [5.41, 5.74) is 0. The van der Waals surface area contributed by atoms with Crippen LogP contribution in [0.1, 0.15) is 301 Å². The van der Waals surface area contributed by atoms with Crippen LogP contribution in [0.5, 0.6) is 0 Å². The minimum Gasteiger partial charge on any atom is -0.463 e. The first kappa shape index (κ1) is 90.1. The number of rotatable bonds is 55. The van der Waals surface area contributed by atoms with E-state index in [0.29, 0.717) is 25.7 Å². The maximum Gasteiger partial charge on any atom is 0.303 e. The smallest absolute Gasteiger partial charge is 0.303 e. The summed E-state index contributed by atoms with van der Waals surface area (Å²) in [6, 6.07) is -1.55. The van der Waals surface area contributed by atoms with Crippen LogP contribution in [0, 0.1) is 0 Å². The number of unbranched alkanes of at least 4 members (excludes halogenated alkanes) is 30. The van der Waals surface area contributed by atoms with Gasteiger partial charge in [0.15, 0.2) is 61.4 Å². The minimum atomic E-state index is -2.03. The molecule has 0 bridgehead atoms. The summed E-state index contributed by atoms with van der Waals surface area (Å²) in [6.07, 6.45) is 13.6. The molecule has 0 aromatic heterocycles. The molecule has 1 N–H and O–H groups in total. The number of hydrogen-bond acceptors (Lipinski definition) is 25. The monoisotopic (exact) mass is 1430 g/mol. The van der Waals surface area contributed by atoms with E-state index in [-0.39, 0.29) is 12.8 Å². The lowest BCUT2D eigenvalue weighted by Crippen LogP contribution is -2.67. The summed E-state index contributed by atoms with van der Waals surface area (Å²) in [5.74, 6) is -9.77. The first-order valence-electron chi connectivity index (χ1n) is 37.3. The molecule has 0 aromatic rings. The van der Waals surface area contributed by atoms with E-state index in [0.717, 1.165) is 120 Å². The molecule has 0 spiro atoms. The molecule has 2 aliphatic heterocycles. The fourth-order valence-corrected chi connectivity index (χ4v) is 12.6. The van der Waals surface area contributed by atoms with E-state index in [1.165, 1.54) is 129 Å². The molecule has 0 radical (unpaired) electrons.